The predicted molar refractivity (Wildman–Crippen MR) is 75.9 cm³/mol. The minimum absolute atomic E-state index is 0.320. The van der Waals surface area contributed by atoms with Crippen molar-refractivity contribution in [2.24, 2.45) is 0 Å². The molecule has 0 bridgehead atoms. The molecule has 1 aromatic carbocycles. The molecule has 10 saturated heterocycles. The quantitative estimate of drug-likeness (QED) is 0.640. The first-order valence-corrected chi connectivity index (χ1v) is 14.6. The van der Waals surface area contributed by atoms with E-state index in [1.54, 1.807) is 0 Å². The summed E-state index contributed by atoms with van der Waals surface area (Å²) in [6.45, 7) is -3.26. The van der Waals surface area contributed by atoms with Crippen LogP contribution in [-0.2, 0) is 11.3 Å². The van der Waals surface area contributed by atoms with Gasteiger partial charge in [-0.25, -0.2) is 0 Å². The Bertz CT molecular complexity index is 1190. The van der Waals surface area contributed by atoms with Crippen LogP contribution in [0.25, 0.3) is 0 Å². The van der Waals surface area contributed by atoms with Gasteiger partial charge in [0.25, 0.3) is 0 Å². The van der Waals surface area contributed by atoms with Crippen LogP contribution < -0.4 is 11.1 Å². The number of carbonyl (C=O) groups is 1. The molecule has 1 amide bonds. The molecule has 4 heteroatoms. The van der Waals surface area contributed by atoms with Crippen molar-refractivity contribution in [2.45, 2.75) is 47.7 Å². The number of carbonyl (C=O) groups excluding carboxylic acids is 1. The van der Waals surface area contributed by atoms with Gasteiger partial charge >= 0.3 is 112 Å². The number of rotatable bonds is 2. The van der Waals surface area contributed by atoms with E-state index in [0.717, 1.165) is 21.0 Å². The Kier molecular flexibility index (Phi) is 0.285. The average Bonchev–Trinajstić information content (AvgIpc) is 3.42. The van der Waals surface area contributed by atoms with Crippen molar-refractivity contribution in [3.63, 3.8) is 0 Å². The third-order valence-corrected chi connectivity index (χ3v) is 58.5. The molecule has 4 atom stereocenters. The molecule has 1 aromatic rings. The second-order valence-corrected chi connectivity index (χ2v) is 35.3. The molecule has 10 heterocycles. The SMILES string of the molecule is Nc1ccc(NC(=O)[C]23[CH]4[CH]5[CH]6[CH]2[Fe]56432789[CH]3[CH]2[CH]7[CH]8[CH]39)cc1. The van der Waals surface area contributed by atoms with Gasteiger partial charge in [0.1, 0.15) is 0 Å². The molecule has 10 aliphatic rings. The summed E-state index contributed by atoms with van der Waals surface area (Å²) >= 11 is 0. The molecule has 11 rings (SSSR count). The Morgan fingerprint density at radius 1 is 0.952 bits per heavy atom. The van der Waals surface area contributed by atoms with Crippen LogP contribution in [0.4, 0.5) is 11.4 Å². The Hall–Kier alpha value is -0.991. The van der Waals surface area contributed by atoms with Gasteiger partial charge in [0, 0.05) is 0 Å². The molecule has 108 valence electrons. The molecule has 4 unspecified atom stereocenters. The number of nitrogen functional groups attached to an aromatic ring is 1. The average molecular weight is 320 g/mol. The second kappa shape index (κ2) is 0.744. The molecule has 3 nitrogen and oxygen atoms in total. The van der Waals surface area contributed by atoms with E-state index in [9.17, 15) is 4.79 Å². The zero-order chi connectivity index (χ0) is 13.3. The Labute approximate surface area is 111 Å². The van der Waals surface area contributed by atoms with E-state index < -0.39 is 6.51 Å². The molecule has 10 fully saturated rings. The van der Waals surface area contributed by atoms with Crippen LogP contribution in [0.15, 0.2) is 24.3 Å². The van der Waals surface area contributed by atoms with Crippen LogP contribution in [-0.4, -0.2) is 5.91 Å². The number of nitrogens with one attached hydrogen (secondary N) is 1. The topological polar surface area (TPSA) is 55.1 Å². The Balaban J connectivity index is 1.23. The van der Waals surface area contributed by atoms with E-state index in [1.807, 2.05) is 24.3 Å². The standard InChI is InChI=1S/C12H11N2O.C5H5.Fe/c13-10-5-7-11(8-6-10)14-12(15)9-3-1-2-4-9;1-2-4-5-3-1;/h1-8H,13H2,(H,14,15);1-5H;. The van der Waals surface area contributed by atoms with Crippen molar-refractivity contribution < 1.29 is 11.3 Å². The van der Waals surface area contributed by atoms with Gasteiger partial charge in [-0.1, -0.05) is 0 Å². The zero-order valence-corrected chi connectivity index (χ0v) is 12.4. The summed E-state index contributed by atoms with van der Waals surface area (Å²) in [4.78, 5) is 23.9. The first kappa shape index (κ1) is 8.03. The van der Waals surface area contributed by atoms with E-state index in [2.05, 4.69) is 5.32 Å². The van der Waals surface area contributed by atoms with E-state index >= 15 is 0 Å². The summed E-state index contributed by atoms with van der Waals surface area (Å²) in [6.07, 6.45) is 0. The summed E-state index contributed by atoms with van der Waals surface area (Å²) in [5.74, 6) is 0.485. The van der Waals surface area contributed by atoms with Crippen molar-refractivity contribution >= 4 is 17.3 Å². The van der Waals surface area contributed by atoms with Crippen LogP contribution in [0.1, 0.15) is 0 Å². The van der Waals surface area contributed by atoms with E-state index in [4.69, 9.17) is 5.73 Å². The van der Waals surface area contributed by atoms with Crippen molar-refractivity contribution in [1.29, 1.82) is 0 Å². The van der Waals surface area contributed by atoms with E-state index in [-0.39, 0.29) is 0 Å². The molecule has 1 spiro atoms. The fraction of sp³-hybridized carbons (Fsp3) is 0.588. The third-order valence-electron chi connectivity index (χ3n) is 16.2. The molecule has 0 aromatic heterocycles. The molecule has 0 aliphatic carbocycles. The van der Waals surface area contributed by atoms with Crippen LogP contribution >= 0.6 is 0 Å². The second-order valence-electron chi connectivity index (χ2n) is 11.8. The van der Waals surface area contributed by atoms with E-state index in [1.165, 1.54) is 33.7 Å². The van der Waals surface area contributed by atoms with E-state index in [0.29, 0.717) is 10.2 Å². The normalized spacial score (nSPS) is 98.2. The summed E-state index contributed by atoms with van der Waals surface area (Å²) in [7, 11) is 0. The van der Waals surface area contributed by atoms with Crippen LogP contribution in [0.2, 0.25) is 47.7 Å². The maximum absolute atomic E-state index is 13.4. The summed E-state index contributed by atoms with van der Waals surface area (Å²) < 4.78 is 0.320. The molecule has 0 radical (unpaired) electrons. The molecule has 3 N–H and O–H groups in total. The zero-order valence-electron chi connectivity index (χ0n) is 11.3. The predicted octanol–water partition coefficient (Wildman–Crippen LogP) is 3.97. The molecular formula is C17H16FeN2O. The third kappa shape index (κ3) is 0.102. The fourth-order valence-corrected chi connectivity index (χ4v) is 91.3. The number of amides is 1. The van der Waals surface area contributed by atoms with Crippen molar-refractivity contribution in [1.82, 2.24) is 0 Å². The van der Waals surface area contributed by atoms with Crippen LogP contribution in [0, 0.1) is 0 Å². The Morgan fingerprint density at radius 2 is 1.48 bits per heavy atom. The summed E-state index contributed by atoms with van der Waals surface area (Å²) in [5.41, 5.74) is 7.49. The summed E-state index contributed by atoms with van der Waals surface area (Å²) in [5, 5.41) is 3.33. The van der Waals surface area contributed by atoms with Gasteiger partial charge < -0.3 is 0 Å². The van der Waals surface area contributed by atoms with Crippen LogP contribution in [0.3, 0.4) is 0 Å². The molecule has 10 aliphatic heterocycles. The van der Waals surface area contributed by atoms with Crippen molar-refractivity contribution in [3.05, 3.63) is 24.3 Å². The number of anilines is 2. The van der Waals surface area contributed by atoms with Gasteiger partial charge in [0.2, 0.25) is 0 Å². The van der Waals surface area contributed by atoms with Gasteiger partial charge in [0.15, 0.2) is 0 Å². The Morgan fingerprint density at radius 3 is 1.86 bits per heavy atom. The molecule has 0 saturated carbocycles. The first-order chi connectivity index (χ1) is 9.94. The number of nitrogens with two attached hydrogens (primary N) is 1. The van der Waals surface area contributed by atoms with Gasteiger partial charge in [0.05, 0.1) is 0 Å². The number of fused-ring (bicyclic) bond motifs is 10. The summed E-state index contributed by atoms with van der Waals surface area (Å²) in [6, 6.07) is 7.73. The number of hydrogen-bond acceptors (Lipinski definition) is 2. The van der Waals surface area contributed by atoms with Gasteiger partial charge in [-0.2, -0.15) is 0 Å². The van der Waals surface area contributed by atoms with Crippen molar-refractivity contribution in [2.75, 3.05) is 11.1 Å². The molecular weight excluding hydrogens is 304 g/mol. The van der Waals surface area contributed by atoms with Crippen molar-refractivity contribution in [3.8, 4) is 0 Å². The fourth-order valence-electron chi connectivity index (χ4n) is 17.6. The van der Waals surface area contributed by atoms with Gasteiger partial charge in [-0.15, -0.1) is 0 Å². The van der Waals surface area contributed by atoms with Gasteiger partial charge in [-0.3, -0.25) is 0 Å². The van der Waals surface area contributed by atoms with Gasteiger partial charge in [-0.05, 0) is 0 Å². The maximum atomic E-state index is 13.4. The number of benzene rings is 1. The monoisotopic (exact) mass is 320 g/mol. The minimum atomic E-state index is -3.26. The molecule has 21 heavy (non-hydrogen) atoms. The number of hydrogen-bond donors (Lipinski definition) is 2. The first-order valence-electron chi connectivity index (χ1n) is 8.32. The van der Waals surface area contributed by atoms with Crippen LogP contribution in [0.5, 0.6) is 0 Å².